The van der Waals surface area contributed by atoms with Crippen LogP contribution in [0.5, 0.6) is 5.75 Å². The number of hydrogen-bond donors (Lipinski definition) is 1. The molecule has 1 amide bonds. The quantitative estimate of drug-likeness (QED) is 0.656. The second-order valence-corrected chi connectivity index (χ2v) is 4.86. The maximum Gasteiger partial charge on any atom is 0.419 e. The Bertz CT molecular complexity index is 751. The Morgan fingerprint density at radius 3 is 2.52 bits per heavy atom. The molecule has 1 atom stereocenters. The van der Waals surface area contributed by atoms with Crippen molar-refractivity contribution >= 4 is 12.4 Å². The molecule has 0 fully saturated rings. The number of alkyl halides is 3. The van der Waals surface area contributed by atoms with E-state index in [1.165, 1.54) is 12.1 Å². The molecule has 0 spiro atoms. The number of benzene rings is 1. The summed E-state index contributed by atoms with van der Waals surface area (Å²) in [6.45, 7) is 0. The van der Waals surface area contributed by atoms with E-state index in [0.717, 1.165) is 6.20 Å². The van der Waals surface area contributed by atoms with Crippen molar-refractivity contribution in [3.05, 3.63) is 59.7 Å². The second-order valence-electron chi connectivity index (χ2n) is 4.86. The summed E-state index contributed by atoms with van der Waals surface area (Å²) in [4.78, 5) is 26.1. The van der Waals surface area contributed by atoms with Crippen LogP contribution in [0, 0.1) is 5.82 Å². The van der Waals surface area contributed by atoms with E-state index in [1.807, 2.05) is 0 Å². The lowest BCUT2D eigenvalue weighted by Gasteiger charge is -2.18. The van der Waals surface area contributed by atoms with E-state index in [9.17, 15) is 27.2 Å². The van der Waals surface area contributed by atoms with Gasteiger partial charge in [-0.3, -0.25) is 4.98 Å². The number of carbonyl (C=O) groups is 2. The Morgan fingerprint density at radius 2 is 1.92 bits per heavy atom. The molecule has 1 N–H and O–H groups in total. The van der Waals surface area contributed by atoms with Crippen LogP contribution in [-0.2, 0) is 11.0 Å². The number of carbonyl (C=O) groups excluding carboxylic acids is 2. The number of para-hydroxylation sites is 1. The zero-order valence-electron chi connectivity index (χ0n) is 12.6. The fourth-order valence-electron chi connectivity index (χ4n) is 2.02. The van der Waals surface area contributed by atoms with Crippen LogP contribution in [0.25, 0.3) is 0 Å². The van der Waals surface area contributed by atoms with Gasteiger partial charge in [-0.25, -0.2) is 9.18 Å². The Balaban J connectivity index is 2.23. The third-order valence-electron chi connectivity index (χ3n) is 3.13. The molecule has 0 unspecified atom stereocenters. The molecule has 2 rings (SSSR count). The molecule has 0 aliphatic carbocycles. The molecule has 0 saturated carbocycles. The van der Waals surface area contributed by atoms with Crippen molar-refractivity contribution in [2.45, 2.75) is 18.6 Å². The van der Waals surface area contributed by atoms with Gasteiger partial charge in [0.1, 0.15) is 12.0 Å². The Morgan fingerprint density at radius 1 is 1.24 bits per heavy atom. The van der Waals surface area contributed by atoms with Crippen molar-refractivity contribution in [2.75, 3.05) is 0 Å². The number of ether oxygens (including phenoxy) is 1. The molecule has 1 aromatic heterocycles. The molecule has 1 aromatic carbocycles. The highest BCUT2D eigenvalue weighted by atomic mass is 19.4. The molecule has 0 radical (unpaired) electrons. The van der Waals surface area contributed by atoms with Crippen LogP contribution in [-0.4, -0.2) is 17.4 Å². The van der Waals surface area contributed by atoms with Crippen LogP contribution in [0.4, 0.5) is 22.4 Å². The third-order valence-corrected chi connectivity index (χ3v) is 3.13. The summed E-state index contributed by atoms with van der Waals surface area (Å²) < 4.78 is 57.4. The minimum Gasteiger partial charge on any atom is -0.410 e. The van der Waals surface area contributed by atoms with Gasteiger partial charge in [0.05, 0.1) is 17.3 Å². The first-order chi connectivity index (χ1) is 11.8. The van der Waals surface area contributed by atoms with Gasteiger partial charge in [-0.1, -0.05) is 18.2 Å². The number of halogens is 4. The number of nitrogens with one attached hydrogen (secondary N) is 1. The molecule has 2 aromatic rings. The predicted molar refractivity (Wildman–Crippen MR) is 78.2 cm³/mol. The number of hydrogen-bond acceptors (Lipinski definition) is 4. The number of rotatable bonds is 5. The number of nitrogens with zero attached hydrogens (tertiary/aromatic N) is 1. The summed E-state index contributed by atoms with van der Waals surface area (Å²) in [7, 11) is 0. The van der Waals surface area contributed by atoms with E-state index in [1.54, 1.807) is 18.2 Å². The first-order valence-corrected chi connectivity index (χ1v) is 7.01. The standard InChI is InChI=1S/C16H12F4N2O3/c17-13-11(16(18,19)20)6-8-21-14(13)12(7-9-23)22-15(24)25-10-4-2-1-3-5-10/h1-6,8-9,12H,7H2,(H,22,24)/t12-/m0/s1. The van der Waals surface area contributed by atoms with Gasteiger partial charge < -0.3 is 14.8 Å². The molecular weight excluding hydrogens is 344 g/mol. The molecule has 25 heavy (non-hydrogen) atoms. The lowest BCUT2D eigenvalue weighted by atomic mass is 10.1. The van der Waals surface area contributed by atoms with E-state index in [4.69, 9.17) is 4.74 Å². The summed E-state index contributed by atoms with van der Waals surface area (Å²) in [6.07, 6.45) is -5.39. The smallest absolute Gasteiger partial charge is 0.410 e. The van der Waals surface area contributed by atoms with Crippen LogP contribution in [0.2, 0.25) is 0 Å². The van der Waals surface area contributed by atoms with E-state index in [2.05, 4.69) is 10.3 Å². The fraction of sp³-hybridized carbons (Fsp3) is 0.188. The molecule has 132 valence electrons. The maximum absolute atomic E-state index is 14.1. The van der Waals surface area contributed by atoms with E-state index in [0.29, 0.717) is 12.4 Å². The lowest BCUT2D eigenvalue weighted by Crippen LogP contribution is -2.33. The molecular formula is C16H12F4N2O3. The van der Waals surface area contributed by atoms with Gasteiger partial charge in [-0.2, -0.15) is 13.2 Å². The SMILES string of the molecule is O=CC[C@H](NC(=O)Oc1ccccc1)c1nccc(C(F)(F)F)c1F. The van der Waals surface area contributed by atoms with Crippen LogP contribution in [0.3, 0.4) is 0 Å². The van der Waals surface area contributed by atoms with Gasteiger partial charge in [0.25, 0.3) is 0 Å². The summed E-state index contributed by atoms with van der Waals surface area (Å²) in [5.74, 6) is -1.48. The van der Waals surface area contributed by atoms with E-state index < -0.39 is 41.8 Å². The molecule has 1 heterocycles. The number of amides is 1. The molecule has 9 heteroatoms. The number of pyridine rings is 1. The molecule has 5 nitrogen and oxygen atoms in total. The monoisotopic (exact) mass is 356 g/mol. The average molecular weight is 356 g/mol. The van der Waals surface area contributed by atoms with Crippen molar-refractivity contribution < 1.29 is 31.9 Å². The van der Waals surface area contributed by atoms with Crippen LogP contribution >= 0.6 is 0 Å². The molecule has 0 bridgehead atoms. The van der Waals surface area contributed by atoms with Gasteiger partial charge in [0, 0.05) is 12.6 Å². The van der Waals surface area contributed by atoms with Crippen LogP contribution < -0.4 is 10.1 Å². The van der Waals surface area contributed by atoms with Gasteiger partial charge in [0.15, 0.2) is 5.82 Å². The van der Waals surface area contributed by atoms with E-state index in [-0.39, 0.29) is 5.75 Å². The topological polar surface area (TPSA) is 68.3 Å². The number of aldehydes is 1. The average Bonchev–Trinajstić information content (AvgIpc) is 2.54. The normalized spacial score (nSPS) is 12.3. The van der Waals surface area contributed by atoms with Crippen molar-refractivity contribution in [3.8, 4) is 5.75 Å². The first kappa shape index (κ1) is 18.4. The van der Waals surface area contributed by atoms with Crippen molar-refractivity contribution in [1.82, 2.24) is 10.3 Å². The van der Waals surface area contributed by atoms with Crippen LogP contribution in [0.1, 0.15) is 23.7 Å². The van der Waals surface area contributed by atoms with Crippen molar-refractivity contribution in [3.63, 3.8) is 0 Å². The summed E-state index contributed by atoms with van der Waals surface area (Å²) in [6, 6.07) is 6.88. The van der Waals surface area contributed by atoms with E-state index >= 15 is 0 Å². The minimum absolute atomic E-state index is 0.169. The fourth-order valence-corrected chi connectivity index (χ4v) is 2.02. The van der Waals surface area contributed by atoms with Crippen molar-refractivity contribution in [1.29, 1.82) is 0 Å². The zero-order valence-corrected chi connectivity index (χ0v) is 12.6. The lowest BCUT2D eigenvalue weighted by molar-refractivity contribution is -0.140. The minimum atomic E-state index is -4.93. The summed E-state index contributed by atoms with van der Waals surface area (Å²) >= 11 is 0. The Labute approximate surface area is 139 Å². The molecule has 0 saturated heterocycles. The Hall–Kier alpha value is -2.97. The summed E-state index contributed by atoms with van der Waals surface area (Å²) in [5, 5.41) is 2.14. The number of aromatic nitrogens is 1. The third kappa shape index (κ3) is 4.75. The molecule has 0 aliphatic rings. The second kappa shape index (κ2) is 7.73. The largest absolute Gasteiger partial charge is 0.419 e. The van der Waals surface area contributed by atoms with Crippen LogP contribution in [0.15, 0.2) is 42.6 Å². The van der Waals surface area contributed by atoms with Gasteiger partial charge in [0.2, 0.25) is 0 Å². The van der Waals surface area contributed by atoms with Gasteiger partial charge >= 0.3 is 12.3 Å². The Kier molecular flexibility index (Phi) is 5.68. The highest BCUT2D eigenvalue weighted by molar-refractivity contribution is 5.71. The summed E-state index contributed by atoms with van der Waals surface area (Å²) in [5.41, 5.74) is -2.24. The van der Waals surface area contributed by atoms with Gasteiger partial charge in [-0.05, 0) is 18.2 Å². The van der Waals surface area contributed by atoms with Crippen molar-refractivity contribution in [2.24, 2.45) is 0 Å². The highest BCUT2D eigenvalue weighted by Crippen LogP contribution is 2.33. The maximum atomic E-state index is 14.1. The zero-order chi connectivity index (χ0) is 18.4. The molecule has 0 aliphatic heterocycles. The first-order valence-electron chi connectivity index (χ1n) is 7.01. The van der Waals surface area contributed by atoms with Gasteiger partial charge in [-0.15, -0.1) is 0 Å². The highest BCUT2D eigenvalue weighted by Gasteiger charge is 2.36. The predicted octanol–water partition coefficient (Wildman–Crippen LogP) is 3.66.